The first-order valence-corrected chi connectivity index (χ1v) is 7.30. The van der Waals surface area contributed by atoms with E-state index >= 15 is 0 Å². The molecule has 1 aromatic rings. The van der Waals surface area contributed by atoms with Crippen LogP contribution >= 0.6 is 0 Å². The Labute approximate surface area is 120 Å². The number of rotatable bonds is 5. The summed E-state index contributed by atoms with van der Waals surface area (Å²) in [6, 6.07) is 6.51. The molecule has 4 heteroatoms. The minimum atomic E-state index is -0.574. The van der Waals surface area contributed by atoms with Gasteiger partial charge in [0.05, 0.1) is 6.04 Å². The van der Waals surface area contributed by atoms with Crippen molar-refractivity contribution in [2.75, 3.05) is 13.7 Å². The normalized spacial score (nSPS) is 17.1. The first kappa shape index (κ1) is 15.0. The molecule has 0 radical (unpaired) electrons. The van der Waals surface area contributed by atoms with Gasteiger partial charge in [-0.1, -0.05) is 18.2 Å². The maximum Gasteiger partial charge on any atom is 0.250 e. The molecule has 2 atom stereocenters. The lowest BCUT2D eigenvalue weighted by Crippen LogP contribution is -2.41. The molecule has 110 valence electrons. The van der Waals surface area contributed by atoms with E-state index in [-0.39, 0.29) is 18.5 Å². The molecule has 3 N–H and O–H groups in total. The SMILES string of the molecule is COC(CN)C(=O)NC(C)c1ccc2c(c1)CCCC2. The zero-order valence-corrected chi connectivity index (χ0v) is 12.3. The van der Waals surface area contributed by atoms with Crippen molar-refractivity contribution < 1.29 is 9.53 Å². The van der Waals surface area contributed by atoms with Crippen molar-refractivity contribution in [2.45, 2.75) is 44.8 Å². The van der Waals surface area contributed by atoms with Gasteiger partial charge in [0.15, 0.2) is 0 Å². The average molecular weight is 276 g/mol. The highest BCUT2D eigenvalue weighted by molar-refractivity contribution is 5.81. The van der Waals surface area contributed by atoms with Gasteiger partial charge in [-0.3, -0.25) is 4.79 Å². The Morgan fingerprint density at radius 1 is 1.35 bits per heavy atom. The first-order valence-electron chi connectivity index (χ1n) is 7.30. The lowest BCUT2D eigenvalue weighted by Gasteiger charge is -2.21. The molecular weight excluding hydrogens is 252 g/mol. The maximum absolute atomic E-state index is 12.0. The Kier molecular flexibility index (Phi) is 5.15. The summed E-state index contributed by atoms with van der Waals surface area (Å²) in [4.78, 5) is 12.0. The number of nitrogens with one attached hydrogen (secondary N) is 1. The highest BCUT2D eigenvalue weighted by Crippen LogP contribution is 2.24. The van der Waals surface area contributed by atoms with Crippen LogP contribution in [0.4, 0.5) is 0 Å². The van der Waals surface area contributed by atoms with Crippen molar-refractivity contribution in [3.63, 3.8) is 0 Å². The van der Waals surface area contributed by atoms with Crippen LogP contribution in [0.15, 0.2) is 18.2 Å². The van der Waals surface area contributed by atoms with Crippen molar-refractivity contribution in [3.05, 3.63) is 34.9 Å². The van der Waals surface area contributed by atoms with E-state index in [9.17, 15) is 4.79 Å². The lowest BCUT2D eigenvalue weighted by atomic mass is 9.89. The van der Waals surface area contributed by atoms with Crippen molar-refractivity contribution in [1.82, 2.24) is 5.32 Å². The van der Waals surface area contributed by atoms with Crippen LogP contribution in [0.25, 0.3) is 0 Å². The molecule has 0 saturated heterocycles. The third-order valence-corrected chi connectivity index (χ3v) is 4.02. The van der Waals surface area contributed by atoms with E-state index in [2.05, 4.69) is 23.5 Å². The molecule has 20 heavy (non-hydrogen) atoms. The Balaban J connectivity index is 2.05. The lowest BCUT2D eigenvalue weighted by molar-refractivity contribution is -0.131. The molecule has 0 aromatic heterocycles. The van der Waals surface area contributed by atoms with Crippen LogP contribution in [0.2, 0.25) is 0 Å². The second-order valence-electron chi connectivity index (χ2n) is 5.43. The second kappa shape index (κ2) is 6.86. The van der Waals surface area contributed by atoms with E-state index in [0.29, 0.717) is 0 Å². The molecule has 0 bridgehead atoms. The molecule has 0 heterocycles. The summed E-state index contributed by atoms with van der Waals surface area (Å²) in [7, 11) is 1.50. The number of hydrogen-bond donors (Lipinski definition) is 2. The molecule has 4 nitrogen and oxygen atoms in total. The Hall–Kier alpha value is -1.39. The predicted molar refractivity (Wildman–Crippen MR) is 79.5 cm³/mol. The Morgan fingerprint density at radius 2 is 2.05 bits per heavy atom. The maximum atomic E-state index is 12.0. The van der Waals surface area contributed by atoms with Crippen LogP contribution in [0.3, 0.4) is 0 Å². The van der Waals surface area contributed by atoms with E-state index in [1.54, 1.807) is 0 Å². The number of ether oxygens (including phenoxy) is 1. The fourth-order valence-corrected chi connectivity index (χ4v) is 2.72. The second-order valence-corrected chi connectivity index (χ2v) is 5.43. The molecule has 1 aliphatic rings. The summed E-state index contributed by atoms with van der Waals surface area (Å²) < 4.78 is 5.05. The van der Waals surface area contributed by atoms with Gasteiger partial charge in [-0.15, -0.1) is 0 Å². The number of methoxy groups -OCH3 is 1. The highest BCUT2D eigenvalue weighted by Gasteiger charge is 2.19. The minimum absolute atomic E-state index is 0.0288. The molecule has 0 fully saturated rings. The number of nitrogens with two attached hydrogens (primary N) is 1. The molecule has 2 unspecified atom stereocenters. The summed E-state index contributed by atoms with van der Waals surface area (Å²) in [6.45, 7) is 2.19. The summed E-state index contributed by atoms with van der Waals surface area (Å²) in [5.41, 5.74) is 9.53. The van der Waals surface area contributed by atoms with Gasteiger partial charge in [-0.2, -0.15) is 0 Å². The van der Waals surface area contributed by atoms with Crippen LogP contribution in [0, 0.1) is 0 Å². The number of carbonyl (C=O) groups excluding carboxylic acids is 1. The summed E-state index contributed by atoms with van der Waals surface area (Å²) in [5, 5.41) is 2.96. The van der Waals surface area contributed by atoms with Gasteiger partial charge in [-0.25, -0.2) is 0 Å². The van der Waals surface area contributed by atoms with Gasteiger partial charge < -0.3 is 15.8 Å². The van der Waals surface area contributed by atoms with Crippen molar-refractivity contribution in [3.8, 4) is 0 Å². The van der Waals surface area contributed by atoms with E-state index in [1.807, 2.05) is 6.92 Å². The fraction of sp³-hybridized carbons (Fsp3) is 0.562. The summed E-state index contributed by atoms with van der Waals surface area (Å²) >= 11 is 0. The number of fused-ring (bicyclic) bond motifs is 1. The minimum Gasteiger partial charge on any atom is -0.370 e. The van der Waals surface area contributed by atoms with Crippen molar-refractivity contribution >= 4 is 5.91 Å². The summed E-state index contributed by atoms with van der Waals surface area (Å²) in [6.07, 6.45) is 4.29. The van der Waals surface area contributed by atoms with E-state index in [1.165, 1.54) is 37.5 Å². The van der Waals surface area contributed by atoms with Crippen LogP contribution in [0.1, 0.15) is 42.5 Å². The number of amides is 1. The zero-order valence-electron chi connectivity index (χ0n) is 12.3. The molecule has 2 rings (SSSR count). The van der Waals surface area contributed by atoms with Gasteiger partial charge in [0.2, 0.25) is 0 Å². The van der Waals surface area contributed by atoms with Gasteiger partial charge in [0, 0.05) is 13.7 Å². The van der Waals surface area contributed by atoms with Gasteiger partial charge in [0.25, 0.3) is 5.91 Å². The predicted octanol–water partition coefficient (Wildman–Crippen LogP) is 1.72. The van der Waals surface area contributed by atoms with E-state index < -0.39 is 6.10 Å². The molecule has 0 spiro atoms. The Morgan fingerprint density at radius 3 is 2.70 bits per heavy atom. The first-order chi connectivity index (χ1) is 9.65. The van der Waals surface area contributed by atoms with Crippen LogP contribution in [0.5, 0.6) is 0 Å². The highest BCUT2D eigenvalue weighted by atomic mass is 16.5. The summed E-state index contributed by atoms with van der Waals surface area (Å²) in [5.74, 6) is -0.153. The number of hydrogen-bond acceptors (Lipinski definition) is 3. The molecule has 0 saturated carbocycles. The molecule has 1 aromatic carbocycles. The van der Waals surface area contributed by atoms with Crippen LogP contribution in [-0.4, -0.2) is 25.7 Å². The van der Waals surface area contributed by atoms with Crippen LogP contribution in [-0.2, 0) is 22.4 Å². The fourth-order valence-electron chi connectivity index (χ4n) is 2.72. The number of aryl methyl sites for hydroxylation is 2. The molecule has 0 aliphatic heterocycles. The largest absolute Gasteiger partial charge is 0.370 e. The molecule has 1 amide bonds. The standard InChI is InChI=1S/C16H24N2O2/c1-11(18-16(19)15(10-17)20-2)13-8-7-12-5-3-4-6-14(12)9-13/h7-9,11,15H,3-6,10,17H2,1-2H3,(H,18,19). The van der Waals surface area contributed by atoms with Crippen molar-refractivity contribution in [2.24, 2.45) is 5.73 Å². The number of carbonyl (C=O) groups is 1. The van der Waals surface area contributed by atoms with Crippen molar-refractivity contribution in [1.29, 1.82) is 0 Å². The molecule has 1 aliphatic carbocycles. The van der Waals surface area contributed by atoms with Crippen LogP contribution < -0.4 is 11.1 Å². The molecular formula is C16H24N2O2. The topological polar surface area (TPSA) is 64.3 Å². The van der Waals surface area contributed by atoms with Gasteiger partial charge in [-0.05, 0) is 49.3 Å². The van der Waals surface area contributed by atoms with Gasteiger partial charge >= 0.3 is 0 Å². The Bertz CT molecular complexity index is 470. The third-order valence-electron chi connectivity index (χ3n) is 4.02. The quantitative estimate of drug-likeness (QED) is 0.860. The third kappa shape index (κ3) is 3.38. The van der Waals surface area contributed by atoms with Gasteiger partial charge in [0.1, 0.15) is 6.10 Å². The zero-order chi connectivity index (χ0) is 14.5. The average Bonchev–Trinajstić information content (AvgIpc) is 2.48. The monoisotopic (exact) mass is 276 g/mol. The number of benzene rings is 1. The van der Waals surface area contributed by atoms with E-state index in [0.717, 1.165) is 12.0 Å². The smallest absolute Gasteiger partial charge is 0.250 e. The van der Waals surface area contributed by atoms with E-state index in [4.69, 9.17) is 10.5 Å².